The van der Waals surface area contributed by atoms with Crippen molar-refractivity contribution in [1.82, 2.24) is 9.88 Å². The number of rotatable bonds is 10. The zero-order chi connectivity index (χ0) is 27.4. The molecule has 0 unspecified atom stereocenters. The first kappa shape index (κ1) is 26.9. The number of fused-ring (bicyclic) bond motifs is 2. The third-order valence-corrected chi connectivity index (χ3v) is 7.69. The van der Waals surface area contributed by atoms with Gasteiger partial charge < -0.3 is 24.5 Å². The number of aromatic nitrogens is 1. The number of aliphatic hydroxyl groups is 1. The predicted molar refractivity (Wildman–Crippen MR) is 155 cm³/mol. The number of carbonyl (C=O) groups is 1. The normalized spacial score (nSPS) is 12.1. The summed E-state index contributed by atoms with van der Waals surface area (Å²) in [5.41, 5.74) is 0.623. The SMILES string of the molecule is Cn1cc(C(=O)NCc2ccc(Cl)cc2)c(=O)c2cc(COC[C@@H](O)COc3cccc4ccccc34)sc21. The third kappa shape index (κ3) is 6.32. The van der Waals surface area contributed by atoms with E-state index in [1.54, 1.807) is 36.0 Å². The maximum absolute atomic E-state index is 13.1. The monoisotopic (exact) mass is 562 g/mol. The van der Waals surface area contributed by atoms with Crippen molar-refractivity contribution in [3.63, 3.8) is 0 Å². The van der Waals surface area contributed by atoms with Gasteiger partial charge in [0.05, 0.1) is 18.6 Å². The average Bonchev–Trinajstić information content (AvgIpc) is 3.38. The second-order valence-corrected chi connectivity index (χ2v) is 10.7. The number of benzene rings is 3. The summed E-state index contributed by atoms with van der Waals surface area (Å²) in [5.74, 6) is 0.269. The Morgan fingerprint density at radius 1 is 1.05 bits per heavy atom. The summed E-state index contributed by atoms with van der Waals surface area (Å²) >= 11 is 7.32. The molecule has 0 aliphatic heterocycles. The summed E-state index contributed by atoms with van der Waals surface area (Å²) in [6.45, 7) is 0.678. The Morgan fingerprint density at radius 2 is 1.82 bits per heavy atom. The molecule has 3 aromatic carbocycles. The van der Waals surface area contributed by atoms with Crippen molar-refractivity contribution in [3.8, 4) is 5.75 Å². The molecule has 0 aliphatic rings. The molecule has 0 saturated carbocycles. The summed E-state index contributed by atoms with van der Waals surface area (Å²) < 4.78 is 13.3. The van der Waals surface area contributed by atoms with Gasteiger partial charge >= 0.3 is 0 Å². The highest BCUT2D eigenvalue weighted by molar-refractivity contribution is 7.18. The van der Waals surface area contributed by atoms with Crippen molar-refractivity contribution in [2.45, 2.75) is 19.3 Å². The largest absolute Gasteiger partial charge is 0.490 e. The fourth-order valence-corrected chi connectivity index (χ4v) is 5.43. The number of nitrogens with zero attached hydrogens (tertiary/aromatic N) is 1. The number of ether oxygens (including phenoxy) is 2. The second kappa shape index (κ2) is 12.0. The quantitative estimate of drug-likeness (QED) is 0.241. The van der Waals surface area contributed by atoms with Crippen LogP contribution in [0.5, 0.6) is 5.75 Å². The van der Waals surface area contributed by atoms with Crippen LogP contribution in [0.25, 0.3) is 21.0 Å². The maximum Gasteiger partial charge on any atom is 0.257 e. The van der Waals surface area contributed by atoms with Crippen molar-refractivity contribution in [2.75, 3.05) is 13.2 Å². The lowest BCUT2D eigenvalue weighted by molar-refractivity contribution is 0.00654. The Hall–Kier alpha value is -3.69. The number of amides is 1. The minimum atomic E-state index is -0.819. The number of thiophene rings is 1. The molecule has 0 aliphatic carbocycles. The molecule has 5 rings (SSSR count). The van der Waals surface area contributed by atoms with Gasteiger partial charge in [0.15, 0.2) is 0 Å². The summed E-state index contributed by atoms with van der Waals surface area (Å²) in [6, 6.07) is 22.6. The van der Waals surface area contributed by atoms with Crippen LogP contribution in [0.3, 0.4) is 0 Å². The van der Waals surface area contributed by atoms with Gasteiger partial charge in [0.25, 0.3) is 5.91 Å². The lowest BCUT2D eigenvalue weighted by atomic mass is 10.1. The first-order chi connectivity index (χ1) is 18.9. The van der Waals surface area contributed by atoms with Gasteiger partial charge in [-0.05, 0) is 35.2 Å². The molecule has 39 heavy (non-hydrogen) atoms. The Labute approximate surface area is 234 Å². The number of hydrogen-bond acceptors (Lipinski definition) is 6. The van der Waals surface area contributed by atoms with Gasteiger partial charge in [-0.25, -0.2) is 0 Å². The van der Waals surface area contributed by atoms with Crippen molar-refractivity contribution in [1.29, 1.82) is 0 Å². The highest BCUT2D eigenvalue weighted by atomic mass is 35.5. The number of halogens is 1. The van der Waals surface area contributed by atoms with Gasteiger partial charge in [-0.3, -0.25) is 9.59 Å². The number of aryl methyl sites for hydroxylation is 1. The number of nitrogens with one attached hydrogen (secondary N) is 1. The highest BCUT2D eigenvalue weighted by Crippen LogP contribution is 2.26. The van der Waals surface area contributed by atoms with E-state index >= 15 is 0 Å². The van der Waals surface area contributed by atoms with Gasteiger partial charge in [-0.15, -0.1) is 11.3 Å². The molecule has 0 fully saturated rings. The number of hydrogen-bond donors (Lipinski definition) is 2. The van der Waals surface area contributed by atoms with Crippen LogP contribution in [0, 0.1) is 0 Å². The second-order valence-electron chi connectivity index (χ2n) is 9.18. The van der Waals surface area contributed by atoms with E-state index in [-0.39, 0.29) is 37.4 Å². The summed E-state index contributed by atoms with van der Waals surface area (Å²) in [7, 11) is 1.80. The van der Waals surface area contributed by atoms with E-state index in [2.05, 4.69) is 5.32 Å². The molecule has 1 atom stereocenters. The molecule has 2 N–H and O–H groups in total. The fourth-order valence-electron chi connectivity index (χ4n) is 4.28. The van der Waals surface area contributed by atoms with Gasteiger partial charge in [-0.2, -0.15) is 0 Å². The fraction of sp³-hybridized carbons (Fsp3) is 0.200. The predicted octanol–water partition coefficient (Wildman–Crippen LogP) is 5.29. The number of pyridine rings is 1. The van der Waals surface area contributed by atoms with E-state index in [1.165, 1.54) is 11.3 Å². The van der Waals surface area contributed by atoms with Crippen molar-refractivity contribution < 1.29 is 19.4 Å². The average molecular weight is 563 g/mol. The molecule has 2 heterocycles. The van der Waals surface area contributed by atoms with E-state index in [9.17, 15) is 14.7 Å². The van der Waals surface area contributed by atoms with Crippen LogP contribution in [0.4, 0.5) is 0 Å². The van der Waals surface area contributed by atoms with Crippen LogP contribution in [0.2, 0.25) is 5.02 Å². The van der Waals surface area contributed by atoms with Crippen LogP contribution in [0.1, 0.15) is 20.8 Å². The van der Waals surface area contributed by atoms with E-state index in [4.69, 9.17) is 21.1 Å². The molecule has 9 heteroatoms. The Kier molecular flexibility index (Phi) is 8.28. The van der Waals surface area contributed by atoms with E-state index in [1.807, 2.05) is 54.6 Å². The van der Waals surface area contributed by atoms with E-state index < -0.39 is 12.0 Å². The smallest absolute Gasteiger partial charge is 0.257 e. The van der Waals surface area contributed by atoms with Crippen LogP contribution >= 0.6 is 22.9 Å². The molecule has 5 aromatic rings. The van der Waals surface area contributed by atoms with Crippen LogP contribution < -0.4 is 15.5 Å². The van der Waals surface area contributed by atoms with E-state index in [0.717, 1.165) is 26.0 Å². The molecule has 7 nitrogen and oxygen atoms in total. The summed E-state index contributed by atoms with van der Waals surface area (Å²) in [6.07, 6.45) is 0.734. The number of aliphatic hydroxyl groups excluding tert-OH is 1. The zero-order valence-electron chi connectivity index (χ0n) is 21.2. The Bertz CT molecular complexity index is 1670. The molecule has 1 amide bonds. The van der Waals surface area contributed by atoms with Crippen molar-refractivity contribution in [3.05, 3.63) is 110 Å². The first-order valence-corrected chi connectivity index (χ1v) is 13.6. The topological polar surface area (TPSA) is 89.8 Å². The van der Waals surface area contributed by atoms with Crippen LogP contribution in [0.15, 0.2) is 83.8 Å². The summed E-state index contributed by atoms with van der Waals surface area (Å²) in [4.78, 5) is 27.4. The van der Waals surface area contributed by atoms with Gasteiger partial charge in [0.2, 0.25) is 5.43 Å². The Morgan fingerprint density at radius 3 is 2.64 bits per heavy atom. The molecule has 200 valence electrons. The summed E-state index contributed by atoms with van der Waals surface area (Å²) in [5, 5.41) is 16.3. The molecular formula is C30H27ClN2O5S. The molecule has 0 spiro atoms. The van der Waals surface area contributed by atoms with Crippen molar-refractivity contribution >= 4 is 49.8 Å². The molecule has 0 bridgehead atoms. The highest BCUT2D eigenvalue weighted by Gasteiger charge is 2.17. The van der Waals surface area contributed by atoms with Crippen LogP contribution in [-0.4, -0.2) is 34.9 Å². The van der Waals surface area contributed by atoms with Crippen LogP contribution in [-0.2, 0) is 24.9 Å². The minimum Gasteiger partial charge on any atom is -0.490 e. The van der Waals surface area contributed by atoms with E-state index in [0.29, 0.717) is 16.2 Å². The Balaban J connectivity index is 1.18. The lowest BCUT2D eigenvalue weighted by Gasteiger charge is -2.14. The first-order valence-electron chi connectivity index (χ1n) is 12.4. The van der Waals surface area contributed by atoms with Gasteiger partial charge in [-0.1, -0.05) is 60.1 Å². The zero-order valence-corrected chi connectivity index (χ0v) is 22.8. The molecule has 0 saturated heterocycles. The third-order valence-electron chi connectivity index (χ3n) is 6.24. The minimum absolute atomic E-state index is 0.0743. The molecule has 0 radical (unpaired) electrons. The standard InChI is InChI=1S/C30H27ClN2O5S/c1-33-15-26(29(36)32-14-19-9-11-21(31)12-10-19)28(35)25-13-23(39-30(25)33)18-37-16-22(34)17-38-27-8-4-6-20-5-2-3-7-24(20)27/h2-13,15,22,34H,14,16-18H2,1H3,(H,32,36)/t22-/m1/s1. The molecular weight excluding hydrogens is 536 g/mol. The number of carbonyl (C=O) groups excluding carboxylic acids is 1. The van der Waals surface area contributed by atoms with Gasteiger partial charge in [0.1, 0.15) is 28.9 Å². The van der Waals surface area contributed by atoms with Crippen molar-refractivity contribution in [2.24, 2.45) is 7.05 Å². The lowest BCUT2D eigenvalue weighted by Crippen LogP contribution is -2.29. The maximum atomic E-state index is 13.1. The molecule has 2 aromatic heterocycles. The van der Waals surface area contributed by atoms with Gasteiger partial charge in [0, 0.05) is 35.1 Å².